The van der Waals surface area contributed by atoms with E-state index in [9.17, 15) is 4.39 Å². The Kier molecular flexibility index (Phi) is 5.91. The number of benzene rings is 2. The number of rotatable bonds is 6. The standard InChI is InChI=1S/C17H17FN2OS/c1-2-10-21-16-8-6-15(7-9-16)20-17(22)19-12-13-4-3-5-14(18)11-13/h2-9,11H,1,10,12H2,(H2,19,20,22). The first-order valence-electron chi connectivity index (χ1n) is 6.80. The molecule has 0 aliphatic rings. The van der Waals surface area contributed by atoms with Crippen LogP contribution in [-0.4, -0.2) is 11.7 Å². The molecule has 5 heteroatoms. The van der Waals surface area contributed by atoms with Crippen LogP contribution in [0.1, 0.15) is 5.56 Å². The van der Waals surface area contributed by atoms with Gasteiger partial charge in [0, 0.05) is 12.2 Å². The Bertz CT molecular complexity index is 643. The Labute approximate surface area is 134 Å². The fourth-order valence-corrected chi connectivity index (χ4v) is 1.98. The number of nitrogens with one attached hydrogen (secondary N) is 2. The van der Waals surface area contributed by atoms with Crippen molar-refractivity contribution in [2.75, 3.05) is 11.9 Å². The second-order valence-corrected chi connectivity index (χ2v) is 4.97. The maximum absolute atomic E-state index is 13.1. The number of hydrogen-bond acceptors (Lipinski definition) is 2. The largest absolute Gasteiger partial charge is 0.490 e. The summed E-state index contributed by atoms with van der Waals surface area (Å²) in [5.74, 6) is 0.511. The molecule has 0 bridgehead atoms. The van der Waals surface area contributed by atoms with Gasteiger partial charge in [-0.3, -0.25) is 0 Å². The third-order valence-corrected chi connectivity index (χ3v) is 3.07. The minimum atomic E-state index is -0.256. The molecule has 0 aromatic heterocycles. The quantitative estimate of drug-likeness (QED) is 0.626. The maximum Gasteiger partial charge on any atom is 0.171 e. The lowest BCUT2D eigenvalue weighted by Crippen LogP contribution is -2.27. The van der Waals surface area contributed by atoms with Crippen molar-refractivity contribution in [2.24, 2.45) is 0 Å². The van der Waals surface area contributed by atoms with Crippen LogP contribution in [0.25, 0.3) is 0 Å². The van der Waals surface area contributed by atoms with Crippen molar-refractivity contribution in [3.8, 4) is 5.75 Å². The highest BCUT2D eigenvalue weighted by Gasteiger charge is 2.00. The van der Waals surface area contributed by atoms with Crippen molar-refractivity contribution in [2.45, 2.75) is 6.54 Å². The summed E-state index contributed by atoms with van der Waals surface area (Å²) in [6.07, 6.45) is 1.69. The van der Waals surface area contributed by atoms with E-state index < -0.39 is 0 Å². The monoisotopic (exact) mass is 316 g/mol. The van der Waals surface area contributed by atoms with Crippen LogP contribution in [0, 0.1) is 5.82 Å². The molecule has 0 saturated carbocycles. The van der Waals surface area contributed by atoms with Crippen LogP contribution in [0.2, 0.25) is 0 Å². The van der Waals surface area contributed by atoms with E-state index in [1.807, 2.05) is 30.3 Å². The number of anilines is 1. The molecule has 0 aliphatic heterocycles. The van der Waals surface area contributed by atoms with Gasteiger partial charge in [-0.05, 0) is 54.2 Å². The summed E-state index contributed by atoms with van der Waals surface area (Å²) in [5.41, 5.74) is 1.68. The van der Waals surface area contributed by atoms with Crippen molar-refractivity contribution in [1.82, 2.24) is 5.32 Å². The van der Waals surface area contributed by atoms with E-state index in [-0.39, 0.29) is 5.82 Å². The smallest absolute Gasteiger partial charge is 0.171 e. The van der Waals surface area contributed by atoms with Crippen LogP contribution in [-0.2, 0) is 6.54 Å². The van der Waals surface area contributed by atoms with E-state index >= 15 is 0 Å². The van der Waals surface area contributed by atoms with Crippen molar-refractivity contribution >= 4 is 23.0 Å². The molecule has 0 saturated heterocycles. The highest BCUT2D eigenvalue weighted by molar-refractivity contribution is 7.80. The SMILES string of the molecule is C=CCOc1ccc(NC(=S)NCc2cccc(F)c2)cc1. The maximum atomic E-state index is 13.1. The van der Waals surface area contributed by atoms with E-state index in [0.29, 0.717) is 18.3 Å². The molecule has 2 aromatic carbocycles. The molecule has 0 heterocycles. The topological polar surface area (TPSA) is 33.3 Å². The molecule has 0 atom stereocenters. The number of halogens is 1. The van der Waals surface area contributed by atoms with Gasteiger partial charge in [-0.25, -0.2) is 4.39 Å². The first-order valence-corrected chi connectivity index (χ1v) is 7.21. The highest BCUT2D eigenvalue weighted by Crippen LogP contribution is 2.15. The van der Waals surface area contributed by atoms with Gasteiger partial charge < -0.3 is 15.4 Å². The summed E-state index contributed by atoms with van der Waals surface area (Å²) in [7, 11) is 0. The highest BCUT2D eigenvalue weighted by atomic mass is 32.1. The summed E-state index contributed by atoms with van der Waals surface area (Å²) < 4.78 is 18.5. The average Bonchev–Trinajstić information content (AvgIpc) is 2.52. The van der Waals surface area contributed by atoms with Crippen LogP contribution < -0.4 is 15.4 Å². The third kappa shape index (κ3) is 5.18. The lowest BCUT2D eigenvalue weighted by Gasteiger charge is -2.11. The van der Waals surface area contributed by atoms with E-state index in [1.54, 1.807) is 12.1 Å². The number of ether oxygens (including phenoxy) is 1. The summed E-state index contributed by atoms with van der Waals surface area (Å²) in [6, 6.07) is 13.8. The average molecular weight is 316 g/mol. The van der Waals surface area contributed by atoms with Gasteiger partial charge in [-0.2, -0.15) is 0 Å². The van der Waals surface area contributed by atoms with Gasteiger partial charge >= 0.3 is 0 Å². The minimum absolute atomic E-state index is 0.256. The van der Waals surface area contributed by atoms with Gasteiger partial charge in [-0.15, -0.1) is 0 Å². The van der Waals surface area contributed by atoms with E-state index in [4.69, 9.17) is 17.0 Å². The second kappa shape index (κ2) is 8.14. The Morgan fingerprint density at radius 3 is 2.68 bits per heavy atom. The van der Waals surface area contributed by atoms with Gasteiger partial charge in [0.05, 0.1) is 0 Å². The van der Waals surface area contributed by atoms with E-state index in [2.05, 4.69) is 17.2 Å². The zero-order valence-electron chi connectivity index (χ0n) is 12.0. The fourth-order valence-electron chi connectivity index (χ4n) is 1.79. The summed E-state index contributed by atoms with van der Waals surface area (Å²) in [6.45, 7) is 4.53. The third-order valence-electron chi connectivity index (χ3n) is 2.82. The fraction of sp³-hybridized carbons (Fsp3) is 0.118. The van der Waals surface area contributed by atoms with Gasteiger partial charge in [0.2, 0.25) is 0 Å². The molecule has 2 N–H and O–H groups in total. The molecule has 22 heavy (non-hydrogen) atoms. The molecule has 0 radical (unpaired) electrons. The second-order valence-electron chi connectivity index (χ2n) is 4.56. The normalized spacial score (nSPS) is 9.86. The van der Waals surface area contributed by atoms with Gasteiger partial charge in [0.1, 0.15) is 18.2 Å². The van der Waals surface area contributed by atoms with Crippen molar-refractivity contribution in [3.63, 3.8) is 0 Å². The molecule has 0 spiro atoms. The van der Waals surface area contributed by atoms with Crippen LogP contribution in [0.15, 0.2) is 61.2 Å². The first kappa shape index (κ1) is 16.0. The van der Waals surface area contributed by atoms with Crippen LogP contribution >= 0.6 is 12.2 Å². The molecule has 0 aliphatic carbocycles. The molecular formula is C17H17FN2OS. The number of thiocarbonyl (C=S) groups is 1. The predicted octanol–water partition coefficient (Wildman–Crippen LogP) is 3.88. The van der Waals surface area contributed by atoms with Crippen LogP contribution in [0.5, 0.6) is 5.75 Å². The van der Waals surface area contributed by atoms with Gasteiger partial charge in [0.15, 0.2) is 5.11 Å². The zero-order valence-corrected chi connectivity index (χ0v) is 12.8. The summed E-state index contributed by atoms with van der Waals surface area (Å²) in [4.78, 5) is 0. The minimum Gasteiger partial charge on any atom is -0.490 e. The Morgan fingerprint density at radius 2 is 2.00 bits per heavy atom. The molecule has 0 fully saturated rings. The Balaban J connectivity index is 1.82. The van der Waals surface area contributed by atoms with Crippen molar-refractivity contribution in [3.05, 3.63) is 72.6 Å². The molecule has 0 unspecified atom stereocenters. The summed E-state index contributed by atoms with van der Waals surface area (Å²) in [5, 5.41) is 6.57. The molecule has 2 rings (SSSR count). The van der Waals surface area contributed by atoms with Gasteiger partial charge in [0.25, 0.3) is 0 Å². The zero-order chi connectivity index (χ0) is 15.8. The van der Waals surface area contributed by atoms with Gasteiger partial charge in [-0.1, -0.05) is 24.8 Å². The molecular weight excluding hydrogens is 299 g/mol. The Morgan fingerprint density at radius 1 is 1.23 bits per heavy atom. The lowest BCUT2D eigenvalue weighted by atomic mass is 10.2. The summed E-state index contributed by atoms with van der Waals surface area (Å²) >= 11 is 5.21. The lowest BCUT2D eigenvalue weighted by molar-refractivity contribution is 0.363. The molecule has 114 valence electrons. The van der Waals surface area contributed by atoms with Crippen molar-refractivity contribution < 1.29 is 9.13 Å². The van der Waals surface area contributed by atoms with Crippen LogP contribution in [0.4, 0.5) is 10.1 Å². The number of hydrogen-bond donors (Lipinski definition) is 2. The molecule has 3 nitrogen and oxygen atoms in total. The Hall–Kier alpha value is -2.40. The first-order chi connectivity index (χ1) is 10.7. The van der Waals surface area contributed by atoms with Crippen LogP contribution in [0.3, 0.4) is 0 Å². The predicted molar refractivity (Wildman–Crippen MR) is 91.6 cm³/mol. The van der Waals surface area contributed by atoms with E-state index in [1.165, 1.54) is 12.1 Å². The van der Waals surface area contributed by atoms with E-state index in [0.717, 1.165) is 17.0 Å². The molecule has 2 aromatic rings. The van der Waals surface area contributed by atoms with Crippen molar-refractivity contribution in [1.29, 1.82) is 0 Å². The molecule has 0 amide bonds.